The molecule has 0 aromatic heterocycles. The first kappa shape index (κ1) is 17.7. The van der Waals surface area contributed by atoms with Gasteiger partial charge in [0.25, 0.3) is 0 Å². The molecule has 3 rings (SSSR count). The van der Waals surface area contributed by atoms with Crippen molar-refractivity contribution in [2.45, 2.75) is 63.6 Å². The number of benzene rings is 1. The summed E-state index contributed by atoms with van der Waals surface area (Å²) in [6, 6.07) is 9.83. The van der Waals surface area contributed by atoms with E-state index in [1.807, 2.05) is 0 Å². The van der Waals surface area contributed by atoms with E-state index < -0.39 is 0 Å². The first-order valence-corrected chi connectivity index (χ1v) is 9.55. The zero-order valence-electron chi connectivity index (χ0n) is 14.8. The molecule has 134 valence electrons. The van der Waals surface area contributed by atoms with E-state index in [1.54, 1.807) is 0 Å². The molecule has 0 spiro atoms. The smallest absolute Gasteiger partial charge is 0.0574 e. The summed E-state index contributed by atoms with van der Waals surface area (Å²) in [5.41, 5.74) is 2.60. The third-order valence-corrected chi connectivity index (χ3v) is 5.81. The molecule has 1 saturated carbocycles. The van der Waals surface area contributed by atoms with Gasteiger partial charge in [-0.15, -0.1) is 0 Å². The lowest BCUT2D eigenvalue weighted by Crippen LogP contribution is -2.36. The van der Waals surface area contributed by atoms with Crippen LogP contribution in [0.15, 0.2) is 24.3 Å². The summed E-state index contributed by atoms with van der Waals surface area (Å²) in [6.07, 6.45) is 6.24. The van der Waals surface area contributed by atoms with Crippen LogP contribution in [0.5, 0.6) is 0 Å². The number of anilines is 1. The number of aliphatic hydroxyl groups excluding tert-OH is 2. The summed E-state index contributed by atoms with van der Waals surface area (Å²) in [7, 11) is 0. The van der Waals surface area contributed by atoms with Crippen LogP contribution in [0.3, 0.4) is 0 Å². The normalized spacial score (nSPS) is 27.2. The van der Waals surface area contributed by atoms with Crippen molar-refractivity contribution in [2.75, 3.05) is 24.6 Å². The Labute approximate surface area is 145 Å². The molecular formula is C20H32N2O2. The molecule has 2 fully saturated rings. The monoisotopic (exact) mass is 332 g/mol. The summed E-state index contributed by atoms with van der Waals surface area (Å²) in [5.74, 6) is 0.515. The fraction of sp³-hybridized carbons (Fsp3) is 0.700. The van der Waals surface area contributed by atoms with Crippen LogP contribution in [0.1, 0.15) is 57.1 Å². The highest BCUT2D eigenvalue weighted by molar-refractivity contribution is 5.48. The van der Waals surface area contributed by atoms with E-state index in [2.05, 4.69) is 41.4 Å². The SMILES string of the molecule is CC(NC1CCC(CO)CC1)c1ccc(N2CCC(O)CC2)cc1. The average Bonchev–Trinajstić information content (AvgIpc) is 2.63. The molecule has 1 atom stereocenters. The summed E-state index contributed by atoms with van der Waals surface area (Å²) < 4.78 is 0. The van der Waals surface area contributed by atoms with Gasteiger partial charge in [-0.25, -0.2) is 0 Å². The summed E-state index contributed by atoms with van der Waals surface area (Å²) in [6.45, 7) is 4.48. The first-order chi connectivity index (χ1) is 11.7. The zero-order chi connectivity index (χ0) is 16.9. The number of aliphatic hydroxyl groups is 2. The lowest BCUT2D eigenvalue weighted by Gasteiger charge is -2.32. The van der Waals surface area contributed by atoms with Crippen LogP contribution >= 0.6 is 0 Å². The standard InChI is InChI=1S/C20H32N2O2/c1-15(21-18-6-2-16(14-23)3-7-18)17-4-8-19(9-5-17)22-12-10-20(24)11-13-22/h4-5,8-9,15-16,18,20-21,23-24H,2-3,6-7,10-14H2,1H3. The predicted molar refractivity (Wildman–Crippen MR) is 98.3 cm³/mol. The van der Waals surface area contributed by atoms with Crippen LogP contribution < -0.4 is 10.2 Å². The Bertz CT molecular complexity index is 489. The van der Waals surface area contributed by atoms with Gasteiger partial charge < -0.3 is 20.4 Å². The summed E-state index contributed by atoms with van der Waals surface area (Å²) in [4.78, 5) is 2.37. The maximum absolute atomic E-state index is 9.63. The van der Waals surface area contributed by atoms with Crippen LogP contribution in [0, 0.1) is 5.92 Å². The molecule has 1 aromatic carbocycles. The van der Waals surface area contributed by atoms with Gasteiger partial charge in [0.1, 0.15) is 0 Å². The van der Waals surface area contributed by atoms with Crippen molar-refractivity contribution in [1.29, 1.82) is 0 Å². The molecule has 0 bridgehead atoms. The van der Waals surface area contributed by atoms with Crippen molar-refractivity contribution >= 4 is 5.69 Å². The topological polar surface area (TPSA) is 55.7 Å². The highest BCUT2D eigenvalue weighted by atomic mass is 16.3. The van der Waals surface area contributed by atoms with E-state index in [9.17, 15) is 10.2 Å². The second-order valence-corrected chi connectivity index (χ2v) is 7.60. The third kappa shape index (κ3) is 4.50. The van der Waals surface area contributed by atoms with Gasteiger partial charge in [0.05, 0.1) is 6.10 Å². The zero-order valence-corrected chi connectivity index (χ0v) is 14.8. The number of nitrogens with zero attached hydrogens (tertiary/aromatic N) is 1. The number of nitrogens with one attached hydrogen (secondary N) is 1. The molecule has 0 radical (unpaired) electrons. The molecule has 4 heteroatoms. The molecule has 1 aliphatic heterocycles. The van der Waals surface area contributed by atoms with E-state index >= 15 is 0 Å². The van der Waals surface area contributed by atoms with Gasteiger partial charge in [0, 0.05) is 37.5 Å². The quantitative estimate of drug-likeness (QED) is 0.776. The lowest BCUT2D eigenvalue weighted by molar-refractivity contribution is 0.145. The van der Waals surface area contributed by atoms with Gasteiger partial charge >= 0.3 is 0 Å². The minimum atomic E-state index is -0.120. The fourth-order valence-electron chi connectivity index (χ4n) is 4.06. The second-order valence-electron chi connectivity index (χ2n) is 7.60. The van der Waals surface area contributed by atoms with Gasteiger partial charge in [-0.3, -0.25) is 0 Å². The predicted octanol–water partition coefficient (Wildman–Crippen LogP) is 2.85. The van der Waals surface area contributed by atoms with Crippen molar-refractivity contribution in [2.24, 2.45) is 5.92 Å². The highest BCUT2D eigenvalue weighted by Gasteiger charge is 2.22. The molecule has 4 nitrogen and oxygen atoms in total. The van der Waals surface area contributed by atoms with E-state index in [0.717, 1.165) is 38.8 Å². The minimum Gasteiger partial charge on any atom is -0.396 e. The summed E-state index contributed by atoms with van der Waals surface area (Å²) >= 11 is 0. The van der Waals surface area contributed by atoms with Crippen LogP contribution in [0.4, 0.5) is 5.69 Å². The van der Waals surface area contributed by atoms with E-state index in [0.29, 0.717) is 24.6 Å². The van der Waals surface area contributed by atoms with Gasteiger partial charge in [0.2, 0.25) is 0 Å². The molecule has 0 amide bonds. The molecule has 24 heavy (non-hydrogen) atoms. The fourth-order valence-corrected chi connectivity index (χ4v) is 4.06. The van der Waals surface area contributed by atoms with Crippen molar-refractivity contribution < 1.29 is 10.2 Å². The molecule has 1 heterocycles. The largest absolute Gasteiger partial charge is 0.396 e. The molecule has 3 N–H and O–H groups in total. The van der Waals surface area contributed by atoms with Crippen molar-refractivity contribution in [1.82, 2.24) is 5.32 Å². The van der Waals surface area contributed by atoms with Gasteiger partial charge in [-0.05, 0) is 69.1 Å². The molecule has 1 saturated heterocycles. The van der Waals surface area contributed by atoms with E-state index in [4.69, 9.17) is 0 Å². The van der Waals surface area contributed by atoms with Crippen molar-refractivity contribution in [3.63, 3.8) is 0 Å². The van der Waals surface area contributed by atoms with Gasteiger partial charge in [-0.1, -0.05) is 12.1 Å². The van der Waals surface area contributed by atoms with Gasteiger partial charge in [0.15, 0.2) is 0 Å². The van der Waals surface area contributed by atoms with Crippen LogP contribution in [0.2, 0.25) is 0 Å². The second kappa shape index (κ2) is 8.32. The van der Waals surface area contributed by atoms with Crippen molar-refractivity contribution in [3.05, 3.63) is 29.8 Å². The van der Waals surface area contributed by atoms with Crippen LogP contribution in [-0.4, -0.2) is 42.1 Å². The molecular weight excluding hydrogens is 300 g/mol. The van der Waals surface area contributed by atoms with E-state index in [1.165, 1.54) is 24.1 Å². The number of hydrogen-bond acceptors (Lipinski definition) is 4. The minimum absolute atomic E-state index is 0.120. The molecule has 1 aliphatic carbocycles. The maximum Gasteiger partial charge on any atom is 0.0574 e. The maximum atomic E-state index is 9.63. The molecule has 2 aliphatic rings. The van der Waals surface area contributed by atoms with Crippen LogP contribution in [-0.2, 0) is 0 Å². The Hall–Kier alpha value is -1.10. The Kier molecular flexibility index (Phi) is 6.14. The van der Waals surface area contributed by atoms with Gasteiger partial charge in [-0.2, -0.15) is 0 Å². The highest BCUT2D eigenvalue weighted by Crippen LogP contribution is 2.27. The number of rotatable bonds is 5. The average molecular weight is 332 g/mol. The Morgan fingerprint density at radius 2 is 1.67 bits per heavy atom. The van der Waals surface area contributed by atoms with E-state index in [-0.39, 0.29) is 6.10 Å². The summed E-state index contributed by atoms with van der Waals surface area (Å²) in [5, 5.41) is 22.6. The Morgan fingerprint density at radius 3 is 2.25 bits per heavy atom. The number of piperidine rings is 1. The Morgan fingerprint density at radius 1 is 1.04 bits per heavy atom. The molecule has 1 aromatic rings. The number of hydrogen-bond donors (Lipinski definition) is 3. The lowest BCUT2D eigenvalue weighted by atomic mass is 9.86. The third-order valence-electron chi connectivity index (χ3n) is 5.81. The van der Waals surface area contributed by atoms with Crippen molar-refractivity contribution in [3.8, 4) is 0 Å². The molecule has 1 unspecified atom stereocenters. The first-order valence-electron chi connectivity index (χ1n) is 9.55. The van der Waals surface area contributed by atoms with Crippen LogP contribution in [0.25, 0.3) is 0 Å². The Balaban J connectivity index is 1.51.